The van der Waals surface area contributed by atoms with Gasteiger partial charge in [0.2, 0.25) is 0 Å². The van der Waals surface area contributed by atoms with Gasteiger partial charge in [-0.1, -0.05) is 113 Å². The van der Waals surface area contributed by atoms with Crippen LogP contribution in [0.15, 0.2) is 84.9 Å². The Hall–Kier alpha value is -3.78. The normalized spacial score (nSPS) is 11.7. The van der Waals surface area contributed by atoms with Gasteiger partial charge in [0.05, 0.1) is 0 Å². The van der Waals surface area contributed by atoms with Crippen molar-refractivity contribution in [1.82, 2.24) is 0 Å². The third kappa shape index (κ3) is 3.60. The molecule has 0 spiro atoms. The van der Waals surface area contributed by atoms with E-state index in [-0.39, 0.29) is 0 Å². The van der Waals surface area contributed by atoms with Gasteiger partial charge in [0.15, 0.2) is 0 Å². The second-order valence-electron chi connectivity index (χ2n) is 9.84. The maximum absolute atomic E-state index is 6.90. The highest BCUT2D eigenvalue weighted by atomic mass is 14.6. The highest BCUT2D eigenvalue weighted by Crippen LogP contribution is 2.46. The summed E-state index contributed by atoms with van der Waals surface area (Å²) in [6.45, 7) is 8.89. The SMILES string of the molecule is CC(C)c1ccc(-c2ccc3c(N)c4ccccc4c(N)c3c2-c2ccc(C(C)C)cc2)cc1. The van der Waals surface area contributed by atoms with Gasteiger partial charge in [-0.2, -0.15) is 0 Å². The van der Waals surface area contributed by atoms with E-state index in [9.17, 15) is 0 Å². The van der Waals surface area contributed by atoms with Gasteiger partial charge in [-0.25, -0.2) is 0 Å². The predicted molar refractivity (Wildman–Crippen MR) is 149 cm³/mol. The Balaban J connectivity index is 1.87. The standard InChI is InChI=1S/C32H32N2/c1-19(2)21-9-13-23(14-10-21)25-17-18-28-30(29(25)24-15-11-22(12-16-24)20(3)4)32(34)27-8-6-5-7-26(27)31(28)33/h5-20H,33-34H2,1-4H3. The number of hydrogen-bond donors (Lipinski definition) is 2. The number of fused-ring (bicyclic) bond motifs is 2. The van der Waals surface area contributed by atoms with E-state index in [1.54, 1.807) is 0 Å². The molecule has 2 heteroatoms. The Labute approximate surface area is 202 Å². The Morgan fingerprint density at radius 3 is 1.53 bits per heavy atom. The van der Waals surface area contributed by atoms with Crippen LogP contribution in [0.25, 0.3) is 43.8 Å². The lowest BCUT2D eigenvalue weighted by Gasteiger charge is -2.20. The van der Waals surface area contributed by atoms with Gasteiger partial charge >= 0.3 is 0 Å². The fourth-order valence-electron chi connectivity index (χ4n) is 4.96. The van der Waals surface area contributed by atoms with Gasteiger partial charge in [-0.15, -0.1) is 0 Å². The van der Waals surface area contributed by atoms with Gasteiger partial charge in [-0.05, 0) is 45.2 Å². The van der Waals surface area contributed by atoms with E-state index in [1.807, 2.05) is 12.1 Å². The van der Waals surface area contributed by atoms with Crippen molar-refractivity contribution in [2.45, 2.75) is 39.5 Å². The van der Waals surface area contributed by atoms with Gasteiger partial charge in [0.1, 0.15) is 0 Å². The largest absolute Gasteiger partial charge is 0.398 e. The van der Waals surface area contributed by atoms with Crippen molar-refractivity contribution >= 4 is 32.9 Å². The monoisotopic (exact) mass is 444 g/mol. The molecular weight excluding hydrogens is 412 g/mol. The fraction of sp³-hybridized carbons (Fsp3) is 0.188. The zero-order valence-corrected chi connectivity index (χ0v) is 20.4. The highest BCUT2D eigenvalue weighted by molar-refractivity contribution is 6.23. The van der Waals surface area contributed by atoms with Crippen molar-refractivity contribution in [1.29, 1.82) is 0 Å². The van der Waals surface area contributed by atoms with E-state index in [0.29, 0.717) is 11.8 Å². The minimum atomic E-state index is 0.481. The molecule has 0 heterocycles. The zero-order chi connectivity index (χ0) is 24.0. The summed E-state index contributed by atoms with van der Waals surface area (Å²) in [6, 6.07) is 30.3. The first-order valence-electron chi connectivity index (χ1n) is 12.1. The summed E-state index contributed by atoms with van der Waals surface area (Å²) in [7, 11) is 0. The van der Waals surface area contributed by atoms with E-state index in [2.05, 4.69) is 100 Å². The molecule has 5 aromatic rings. The molecule has 34 heavy (non-hydrogen) atoms. The molecule has 0 fully saturated rings. The number of benzene rings is 5. The van der Waals surface area contributed by atoms with Crippen molar-refractivity contribution in [2.24, 2.45) is 0 Å². The van der Waals surface area contributed by atoms with Crippen LogP contribution in [0.2, 0.25) is 0 Å². The number of nitrogens with two attached hydrogens (primary N) is 2. The van der Waals surface area contributed by atoms with Crippen LogP contribution in [0.1, 0.15) is 50.7 Å². The first kappa shape index (κ1) is 22.0. The first-order chi connectivity index (χ1) is 16.4. The average Bonchev–Trinajstić information content (AvgIpc) is 2.86. The van der Waals surface area contributed by atoms with Crippen LogP contribution in [0, 0.1) is 0 Å². The average molecular weight is 445 g/mol. The molecule has 0 bridgehead atoms. The summed E-state index contributed by atoms with van der Waals surface area (Å²) >= 11 is 0. The van der Waals surface area contributed by atoms with Crippen LogP contribution in [0.5, 0.6) is 0 Å². The van der Waals surface area contributed by atoms with Crippen LogP contribution < -0.4 is 11.5 Å². The maximum atomic E-state index is 6.90. The molecule has 0 aliphatic carbocycles. The van der Waals surface area contributed by atoms with Crippen molar-refractivity contribution in [3.05, 3.63) is 96.1 Å². The molecule has 0 radical (unpaired) electrons. The Bertz CT molecular complexity index is 1490. The summed E-state index contributed by atoms with van der Waals surface area (Å²) < 4.78 is 0. The van der Waals surface area contributed by atoms with E-state index in [4.69, 9.17) is 11.5 Å². The number of nitrogen functional groups attached to an aromatic ring is 2. The van der Waals surface area contributed by atoms with Crippen LogP contribution in [0.4, 0.5) is 11.4 Å². The molecule has 5 rings (SSSR count). The second-order valence-corrected chi connectivity index (χ2v) is 9.84. The van der Waals surface area contributed by atoms with E-state index >= 15 is 0 Å². The second kappa shape index (κ2) is 8.53. The molecule has 4 N–H and O–H groups in total. The van der Waals surface area contributed by atoms with Crippen LogP contribution in [-0.2, 0) is 0 Å². The summed E-state index contributed by atoms with van der Waals surface area (Å²) in [5, 5.41) is 4.03. The van der Waals surface area contributed by atoms with Gasteiger partial charge < -0.3 is 11.5 Å². The van der Waals surface area contributed by atoms with Crippen LogP contribution >= 0.6 is 0 Å². The lowest BCUT2D eigenvalue weighted by Crippen LogP contribution is -1.99. The molecule has 0 aliphatic rings. The highest BCUT2D eigenvalue weighted by Gasteiger charge is 2.18. The molecule has 0 saturated heterocycles. The minimum absolute atomic E-state index is 0.481. The summed E-state index contributed by atoms with van der Waals surface area (Å²) in [6.07, 6.45) is 0. The third-order valence-electron chi connectivity index (χ3n) is 7.03. The van der Waals surface area contributed by atoms with Crippen molar-refractivity contribution < 1.29 is 0 Å². The third-order valence-corrected chi connectivity index (χ3v) is 7.03. The molecule has 0 aromatic heterocycles. The Morgan fingerprint density at radius 1 is 0.500 bits per heavy atom. The predicted octanol–water partition coefficient (Wildman–Crippen LogP) is 8.74. The summed E-state index contributed by atoms with van der Waals surface area (Å²) in [4.78, 5) is 0. The number of hydrogen-bond acceptors (Lipinski definition) is 2. The zero-order valence-electron chi connectivity index (χ0n) is 20.4. The molecule has 2 nitrogen and oxygen atoms in total. The molecule has 0 unspecified atom stereocenters. The first-order valence-corrected chi connectivity index (χ1v) is 12.1. The molecule has 5 aromatic carbocycles. The molecule has 0 saturated carbocycles. The molecule has 0 amide bonds. The Morgan fingerprint density at radius 2 is 1.00 bits per heavy atom. The van der Waals surface area contributed by atoms with Crippen molar-refractivity contribution in [3.8, 4) is 22.3 Å². The van der Waals surface area contributed by atoms with E-state index < -0.39 is 0 Å². The van der Waals surface area contributed by atoms with Gasteiger partial charge in [0, 0.05) is 32.9 Å². The van der Waals surface area contributed by atoms with Crippen molar-refractivity contribution in [2.75, 3.05) is 11.5 Å². The van der Waals surface area contributed by atoms with Gasteiger partial charge in [-0.3, -0.25) is 0 Å². The molecule has 0 atom stereocenters. The quantitative estimate of drug-likeness (QED) is 0.165. The lowest BCUT2D eigenvalue weighted by atomic mass is 9.86. The fourth-order valence-corrected chi connectivity index (χ4v) is 4.96. The minimum Gasteiger partial charge on any atom is -0.398 e. The molecular formula is C32H32N2. The molecule has 0 aliphatic heterocycles. The van der Waals surface area contributed by atoms with Crippen LogP contribution in [0.3, 0.4) is 0 Å². The van der Waals surface area contributed by atoms with Crippen LogP contribution in [-0.4, -0.2) is 0 Å². The maximum Gasteiger partial charge on any atom is 0.0481 e. The smallest absolute Gasteiger partial charge is 0.0481 e. The lowest BCUT2D eigenvalue weighted by molar-refractivity contribution is 0.867. The summed E-state index contributed by atoms with van der Waals surface area (Å²) in [5.74, 6) is 0.977. The molecule has 170 valence electrons. The Kier molecular flexibility index (Phi) is 5.53. The van der Waals surface area contributed by atoms with Gasteiger partial charge in [0.25, 0.3) is 0 Å². The number of anilines is 2. The number of rotatable bonds is 4. The summed E-state index contributed by atoms with van der Waals surface area (Å²) in [5.41, 5.74) is 22.5. The topological polar surface area (TPSA) is 52.0 Å². The van der Waals surface area contributed by atoms with Crippen molar-refractivity contribution in [3.63, 3.8) is 0 Å². The van der Waals surface area contributed by atoms with E-state index in [0.717, 1.165) is 44.0 Å². The van der Waals surface area contributed by atoms with E-state index in [1.165, 1.54) is 22.3 Å².